The minimum Gasteiger partial charge on any atom is -0.347 e. The summed E-state index contributed by atoms with van der Waals surface area (Å²) in [5.41, 5.74) is 3.41. The Hall–Kier alpha value is -1.80. The summed E-state index contributed by atoms with van der Waals surface area (Å²) in [6, 6.07) is 0. The molecule has 2 fully saturated rings. The predicted molar refractivity (Wildman–Crippen MR) is 97.8 cm³/mol. The second-order valence-electron chi connectivity index (χ2n) is 9.08. The van der Waals surface area contributed by atoms with Crippen LogP contribution in [0.5, 0.6) is 0 Å². The number of aromatic nitrogens is 6. The van der Waals surface area contributed by atoms with Gasteiger partial charge in [-0.25, -0.2) is 0 Å². The number of hydrogen-bond donors (Lipinski definition) is 0. The Balaban J connectivity index is 1.61. The fourth-order valence-electron chi connectivity index (χ4n) is 6.13. The molecule has 0 bridgehead atoms. The smallest absolute Gasteiger partial charge is 0.223 e. The first-order chi connectivity index (χ1) is 12.8. The summed E-state index contributed by atoms with van der Waals surface area (Å²) in [5, 5.41) is 17.7. The van der Waals surface area contributed by atoms with Crippen molar-refractivity contribution in [1.29, 1.82) is 0 Å². The minimum atomic E-state index is -0.446. The van der Waals surface area contributed by atoms with Gasteiger partial charge in [-0.05, 0) is 30.4 Å². The van der Waals surface area contributed by atoms with Gasteiger partial charge in [-0.15, -0.1) is 10.2 Å². The number of nitrogens with zero attached hydrogens (tertiary/aromatic N) is 6. The van der Waals surface area contributed by atoms with Crippen LogP contribution in [0.2, 0.25) is 0 Å². The van der Waals surface area contributed by atoms with Crippen molar-refractivity contribution in [3.8, 4) is 11.5 Å². The maximum atomic E-state index is 6.20. The molecule has 0 unspecified atom stereocenters. The van der Waals surface area contributed by atoms with E-state index in [9.17, 15) is 0 Å². The van der Waals surface area contributed by atoms with Crippen LogP contribution in [-0.4, -0.2) is 49.0 Å². The Morgan fingerprint density at radius 2 is 1.78 bits per heavy atom. The van der Waals surface area contributed by atoms with Crippen LogP contribution in [0, 0.1) is 11.3 Å². The van der Waals surface area contributed by atoms with Gasteiger partial charge in [0.1, 0.15) is 5.69 Å². The molecule has 1 spiro atoms. The molecular formula is C19H28N6O2. The molecule has 8 nitrogen and oxygen atoms in total. The van der Waals surface area contributed by atoms with Crippen molar-refractivity contribution in [2.24, 2.45) is 25.4 Å². The van der Waals surface area contributed by atoms with Crippen molar-refractivity contribution < 1.29 is 9.47 Å². The summed E-state index contributed by atoms with van der Waals surface area (Å²) in [5.74, 6) is 0.658. The second-order valence-corrected chi connectivity index (χ2v) is 9.08. The fraction of sp³-hybridized carbons (Fsp3) is 0.789. The summed E-state index contributed by atoms with van der Waals surface area (Å²) in [4.78, 5) is 1.50. The van der Waals surface area contributed by atoms with E-state index >= 15 is 0 Å². The van der Waals surface area contributed by atoms with Gasteiger partial charge in [-0.1, -0.05) is 20.8 Å². The van der Waals surface area contributed by atoms with Gasteiger partial charge in [0, 0.05) is 29.9 Å². The SMILES string of the molecule is Cn1nnc(-c2c3c(nn2C)[C@@]2(C)CCC4(OCCO4)C(C)(C)[C@@H]2CC3)n1. The Kier molecular flexibility index (Phi) is 3.45. The number of tetrazole rings is 1. The maximum absolute atomic E-state index is 6.20. The average Bonchev–Trinajstić information content (AvgIpc) is 3.31. The summed E-state index contributed by atoms with van der Waals surface area (Å²) in [7, 11) is 3.78. The number of ether oxygens (including phenoxy) is 2. The molecule has 0 radical (unpaired) electrons. The van der Waals surface area contributed by atoms with Gasteiger partial charge < -0.3 is 9.47 Å². The highest BCUT2D eigenvalue weighted by Gasteiger charge is 2.64. The first-order valence-electron chi connectivity index (χ1n) is 9.87. The van der Waals surface area contributed by atoms with Crippen molar-refractivity contribution in [3.63, 3.8) is 0 Å². The van der Waals surface area contributed by atoms with Crippen LogP contribution in [0.15, 0.2) is 0 Å². The monoisotopic (exact) mass is 372 g/mol. The highest BCUT2D eigenvalue weighted by molar-refractivity contribution is 5.58. The van der Waals surface area contributed by atoms with Crippen molar-refractivity contribution >= 4 is 0 Å². The van der Waals surface area contributed by atoms with E-state index in [1.165, 1.54) is 16.1 Å². The lowest BCUT2D eigenvalue weighted by molar-refractivity contribution is -0.276. The second kappa shape index (κ2) is 5.38. The van der Waals surface area contributed by atoms with Crippen LogP contribution in [0.1, 0.15) is 51.3 Å². The molecule has 146 valence electrons. The van der Waals surface area contributed by atoms with Crippen LogP contribution in [0.3, 0.4) is 0 Å². The van der Waals surface area contributed by atoms with E-state index in [4.69, 9.17) is 14.6 Å². The van der Waals surface area contributed by atoms with Gasteiger partial charge in [0.2, 0.25) is 5.82 Å². The minimum absolute atomic E-state index is 0.00410. The van der Waals surface area contributed by atoms with Crippen molar-refractivity contribution in [2.45, 2.75) is 57.7 Å². The lowest BCUT2D eigenvalue weighted by atomic mass is 9.49. The van der Waals surface area contributed by atoms with Gasteiger partial charge in [0.15, 0.2) is 5.79 Å². The Morgan fingerprint density at radius 3 is 2.44 bits per heavy atom. The van der Waals surface area contributed by atoms with Crippen molar-refractivity contribution in [3.05, 3.63) is 11.3 Å². The van der Waals surface area contributed by atoms with Gasteiger partial charge in [0.25, 0.3) is 0 Å². The van der Waals surface area contributed by atoms with Crippen LogP contribution < -0.4 is 0 Å². The highest BCUT2D eigenvalue weighted by atomic mass is 16.7. The van der Waals surface area contributed by atoms with E-state index in [1.54, 1.807) is 7.05 Å². The topological polar surface area (TPSA) is 79.9 Å². The zero-order chi connectivity index (χ0) is 19.0. The molecule has 5 rings (SSSR count). The largest absolute Gasteiger partial charge is 0.347 e. The number of rotatable bonds is 1. The summed E-state index contributed by atoms with van der Waals surface area (Å²) in [6.07, 6.45) is 3.97. The number of hydrogen-bond acceptors (Lipinski definition) is 6. The molecule has 2 aromatic heterocycles. The molecule has 2 atom stereocenters. The quantitative estimate of drug-likeness (QED) is 0.762. The molecule has 0 amide bonds. The highest BCUT2D eigenvalue weighted by Crippen LogP contribution is 2.62. The third-order valence-electron chi connectivity index (χ3n) is 7.44. The van der Waals surface area contributed by atoms with Crippen LogP contribution >= 0.6 is 0 Å². The molecule has 8 heteroatoms. The predicted octanol–water partition coefficient (Wildman–Crippen LogP) is 1.99. The lowest BCUT2D eigenvalue weighted by Gasteiger charge is -2.59. The third-order valence-corrected chi connectivity index (χ3v) is 7.44. The standard InChI is InChI=1S/C19H28N6O2/c1-17(2)13-7-6-12-14(16-20-23-25(5)22-16)24(4)21-15(12)18(13,3)8-9-19(17)26-10-11-27-19/h13H,6-11H2,1-5H3/t13-,18-/m0/s1. The molecule has 0 N–H and O–H groups in total. The summed E-state index contributed by atoms with van der Waals surface area (Å²) >= 11 is 0. The molecule has 3 heterocycles. The molecule has 1 saturated heterocycles. The third kappa shape index (κ3) is 2.11. The molecule has 2 aliphatic carbocycles. The van der Waals surface area contributed by atoms with Gasteiger partial charge in [0.05, 0.1) is 26.0 Å². The number of aryl methyl sites for hydroxylation is 2. The van der Waals surface area contributed by atoms with E-state index in [-0.39, 0.29) is 10.8 Å². The summed E-state index contributed by atoms with van der Waals surface area (Å²) in [6.45, 7) is 8.41. The zero-order valence-corrected chi connectivity index (χ0v) is 16.8. The van der Waals surface area contributed by atoms with E-state index < -0.39 is 5.79 Å². The summed E-state index contributed by atoms with van der Waals surface area (Å²) < 4.78 is 14.3. The van der Waals surface area contributed by atoms with Gasteiger partial charge >= 0.3 is 0 Å². The molecular weight excluding hydrogens is 344 g/mol. The maximum Gasteiger partial charge on any atom is 0.223 e. The van der Waals surface area contributed by atoms with Crippen molar-refractivity contribution in [1.82, 2.24) is 30.0 Å². The van der Waals surface area contributed by atoms with Crippen molar-refractivity contribution in [2.75, 3.05) is 13.2 Å². The van der Waals surface area contributed by atoms with Crippen LogP contribution in [-0.2, 0) is 35.4 Å². The van der Waals surface area contributed by atoms with Gasteiger partial charge in [-0.2, -0.15) is 9.90 Å². The normalized spacial score (nSPS) is 31.1. The Labute approximate surface area is 159 Å². The van der Waals surface area contributed by atoms with Crippen LogP contribution in [0.25, 0.3) is 11.5 Å². The van der Waals surface area contributed by atoms with E-state index in [0.717, 1.165) is 31.4 Å². The van der Waals surface area contributed by atoms with E-state index in [0.29, 0.717) is 25.0 Å². The van der Waals surface area contributed by atoms with E-state index in [1.807, 2.05) is 11.7 Å². The van der Waals surface area contributed by atoms with E-state index in [2.05, 4.69) is 36.2 Å². The molecule has 0 aromatic carbocycles. The van der Waals surface area contributed by atoms with Crippen LogP contribution in [0.4, 0.5) is 0 Å². The Morgan fingerprint density at radius 1 is 1.04 bits per heavy atom. The average molecular weight is 372 g/mol. The molecule has 2 aromatic rings. The molecule has 27 heavy (non-hydrogen) atoms. The lowest BCUT2D eigenvalue weighted by Crippen LogP contribution is -2.61. The number of fused-ring (bicyclic) bond motifs is 3. The zero-order valence-electron chi connectivity index (χ0n) is 16.8. The fourth-order valence-corrected chi connectivity index (χ4v) is 6.13. The Bertz CT molecular complexity index is 894. The molecule has 3 aliphatic rings. The first kappa shape index (κ1) is 17.3. The van der Waals surface area contributed by atoms with Gasteiger partial charge in [-0.3, -0.25) is 4.68 Å². The first-order valence-corrected chi connectivity index (χ1v) is 9.87. The molecule has 1 aliphatic heterocycles. The molecule has 1 saturated carbocycles.